The minimum atomic E-state index is -0.956. The number of carboxylic acids is 1. The smallest absolute Gasteiger partial charge is 0.305 e. The van der Waals surface area contributed by atoms with E-state index in [2.05, 4.69) is 21.1 Å². The normalized spacial score (nSPS) is 10.8. The molecule has 0 aliphatic carbocycles. The molecular formula is C17H19BrN2O4. The van der Waals surface area contributed by atoms with Crippen molar-refractivity contribution in [2.24, 2.45) is 0 Å². The Bertz CT molecular complexity index is 727. The Morgan fingerprint density at radius 1 is 1.33 bits per heavy atom. The Labute approximate surface area is 148 Å². The first-order valence-electron chi connectivity index (χ1n) is 7.59. The molecular weight excluding hydrogens is 376 g/mol. The van der Waals surface area contributed by atoms with Crippen LogP contribution in [0.25, 0.3) is 0 Å². The molecule has 2 rings (SSSR count). The van der Waals surface area contributed by atoms with E-state index in [-0.39, 0.29) is 30.6 Å². The number of benzene rings is 1. The van der Waals surface area contributed by atoms with E-state index in [0.717, 1.165) is 10.0 Å². The third-order valence-corrected chi connectivity index (χ3v) is 3.97. The molecule has 1 amide bonds. The maximum atomic E-state index is 12.7. The van der Waals surface area contributed by atoms with Gasteiger partial charge in [-0.05, 0) is 23.6 Å². The first kappa shape index (κ1) is 18.2. The van der Waals surface area contributed by atoms with Gasteiger partial charge in [0.25, 0.3) is 5.91 Å². The fourth-order valence-electron chi connectivity index (χ4n) is 2.16. The Morgan fingerprint density at radius 2 is 2.08 bits per heavy atom. The predicted octanol–water partition coefficient (Wildman–Crippen LogP) is 3.68. The van der Waals surface area contributed by atoms with Crippen LogP contribution in [0.4, 0.5) is 0 Å². The van der Waals surface area contributed by atoms with Gasteiger partial charge in [0, 0.05) is 23.6 Å². The second-order valence-corrected chi connectivity index (χ2v) is 6.69. The minimum Gasteiger partial charge on any atom is -0.481 e. The Morgan fingerprint density at radius 3 is 2.67 bits per heavy atom. The molecule has 0 atom stereocenters. The van der Waals surface area contributed by atoms with Crippen LogP contribution in [0.15, 0.2) is 39.3 Å². The second-order valence-electron chi connectivity index (χ2n) is 5.77. The molecule has 24 heavy (non-hydrogen) atoms. The average Bonchev–Trinajstić information content (AvgIpc) is 3.01. The van der Waals surface area contributed by atoms with Crippen LogP contribution >= 0.6 is 15.9 Å². The Hall–Kier alpha value is -2.15. The van der Waals surface area contributed by atoms with Gasteiger partial charge in [-0.1, -0.05) is 47.1 Å². The summed E-state index contributed by atoms with van der Waals surface area (Å²) in [7, 11) is 0. The van der Waals surface area contributed by atoms with Gasteiger partial charge in [-0.25, -0.2) is 0 Å². The zero-order chi connectivity index (χ0) is 17.7. The number of hydrogen-bond donors (Lipinski definition) is 1. The van der Waals surface area contributed by atoms with Gasteiger partial charge in [0.1, 0.15) is 0 Å². The van der Waals surface area contributed by atoms with E-state index in [1.807, 2.05) is 38.1 Å². The molecule has 0 radical (unpaired) electrons. The summed E-state index contributed by atoms with van der Waals surface area (Å²) in [6, 6.07) is 9.14. The maximum absolute atomic E-state index is 12.7. The van der Waals surface area contributed by atoms with Crippen LogP contribution in [-0.4, -0.2) is 33.6 Å². The molecule has 7 heteroatoms. The molecule has 0 spiro atoms. The second kappa shape index (κ2) is 8.10. The van der Waals surface area contributed by atoms with E-state index in [1.54, 1.807) is 6.07 Å². The summed E-state index contributed by atoms with van der Waals surface area (Å²) in [5.74, 6) is -1.05. The van der Waals surface area contributed by atoms with Crippen LogP contribution in [0.2, 0.25) is 0 Å². The van der Waals surface area contributed by atoms with Crippen molar-refractivity contribution < 1.29 is 19.2 Å². The number of carboxylic acid groups (broad SMARTS) is 1. The predicted molar refractivity (Wildman–Crippen MR) is 91.7 cm³/mol. The van der Waals surface area contributed by atoms with E-state index in [1.165, 1.54) is 4.90 Å². The van der Waals surface area contributed by atoms with Crippen molar-refractivity contribution in [1.82, 2.24) is 10.1 Å². The number of rotatable bonds is 7. The molecule has 1 aromatic carbocycles. The van der Waals surface area contributed by atoms with Gasteiger partial charge in [-0.2, -0.15) is 0 Å². The van der Waals surface area contributed by atoms with E-state index >= 15 is 0 Å². The molecule has 2 aromatic rings. The maximum Gasteiger partial charge on any atom is 0.305 e. The number of aromatic nitrogens is 1. The summed E-state index contributed by atoms with van der Waals surface area (Å²) < 4.78 is 6.03. The van der Waals surface area contributed by atoms with Gasteiger partial charge in [0.2, 0.25) is 5.76 Å². The zero-order valence-corrected chi connectivity index (χ0v) is 15.1. The zero-order valence-electron chi connectivity index (χ0n) is 13.5. The van der Waals surface area contributed by atoms with Crippen LogP contribution in [-0.2, 0) is 11.3 Å². The van der Waals surface area contributed by atoms with Crippen LogP contribution in [0.3, 0.4) is 0 Å². The highest BCUT2D eigenvalue weighted by molar-refractivity contribution is 9.10. The Kier molecular flexibility index (Phi) is 6.14. The van der Waals surface area contributed by atoms with Gasteiger partial charge in [-0.15, -0.1) is 0 Å². The lowest BCUT2D eigenvalue weighted by Crippen LogP contribution is -2.32. The fraction of sp³-hybridized carbons (Fsp3) is 0.353. The number of halogens is 1. The first-order valence-corrected chi connectivity index (χ1v) is 8.38. The van der Waals surface area contributed by atoms with Crippen molar-refractivity contribution in [3.63, 3.8) is 0 Å². The molecule has 0 saturated carbocycles. The van der Waals surface area contributed by atoms with E-state index < -0.39 is 5.97 Å². The van der Waals surface area contributed by atoms with Crippen molar-refractivity contribution in [3.8, 4) is 0 Å². The fourth-order valence-corrected chi connectivity index (χ4v) is 2.60. The lowest BCUT2D eigenvalue weighted by Gasteiger charge is -2.20. The minimum absolute atomic E-state index is 0.0956. The lowest BCUT2D eigenvalue weighted by molar-refractivity contribution is -0.137. The molecule has 0 saturated heterocycles. The molecule has 1 N–H and O–H groups in total. The van der Waals surface area contributed by atoms with Crippen molar-refractivity contribution >= 4 is 27.8 Å². The quantitative estimate of drug-likeness (QED) is 0.773. The third kappa shape index (κ3) is 4.92. The van der Waals surface area contributed by atoms with Gasteiger partial charge in [-0.3, -0.25) is 9.59 Å². The van der Waals surface area contributed by atoms with E-state index in [9.17, 15) is 9.59 Å². The van der Waals surface area contributed by atoms with Crippen molar-refractivity contribution in [1.29, 1.82) is 0 Å². The van der Waals surface area contributed by atoms with Crippen LogP contribution in [0.5, 0.6) is 0 Å². The molecule has 0 unspecified atom stereocenters. The molecule has 1 aromatic heterocycles. The monoisotopic (exact) mass is 394 g/mol. The van der Waals surface area contributed by atoms with E-state index in [0.29, 0.717) is 12.2 Å². The summed E-state index contributed by atoms with van der Waals surface area (Å²) in [6.45, 7) is 4.30. The third-order valence-electron chi connectivity index (χ3n) is 3.48. The highest BCUT2D eigenvalue weighted by Crippen LogP contribution is 2.18. The number of aliphatic carboxylic acids is 1. The first-order chi connectivity index (χ1) is 11.4. The summed E-state index contributed by atoms with van der Waals surface area (Å²) >= 11 is 3.39. The van der Waals surface area contributed by atoms with Crippen molar-refractivity contribution in [2.45, 2.75) is 32.7 Å². The molecule has 0 aliphatic heterocycles. The molecule has 0 fully saturated rings. The number of carbonyl (C=O) groups excluding carboxylic acids is 1. The Balaban J connectivity index is 2.20. The summed E-state index contributed by atoms with van der Waals surface area (Å²) in [5.41, 5.74) is 1.59. The van der Waals surface area contributed by atoms with Crippen LogP contribution in [0.1, 0.15) is 48.0 Å². The van der Waals surface area contributed by atoms with Gasteiger partial charge in [0.05, 0.1) is 12.1 Å². The summed E-state index contributed by atoms with van der Waals surface area (Å²) in [4.78, 5) is 25.0. The summed E-state index contributed by atoms with van der Waals surface area (Å²) in [6.07, 6.45) is -0.134. The van der Waals surface area contributed by atoms with Gasteiger partial charge >= 0.3 is 5.97 Å². The molecule has 1 heterocycles. The molecule has 128 valence electrons. The van der Waals surface area contributed by atoms with Gasteiger partial charge in [0.15, 0.2) is 0 Å². The SMILES string of the molecule is CC(C)c1cc(C(=O)N(CCC(=O)O)Cc2cccc(Br)c2)on1. The standard InChI is InChI=1S/C17H19BrN2O4/c1-11(2)14-9-15(24-19-14)17(23)20(7-6-16(21)22)10-12-4-3-5-13(18)8-12/h3-5,8-9,11H,6-7,10H2,1-2H3,(H,21,22). The van der Waals surface area contributed by atoms with E-state index in [4.69, 9.17) is 9.63 Å². The van der Waals surface area contributed by atoms with Crippen molar-refractivity contribution in [2.75, 3.05) is 6.54 Å². The van der Waals surface area contributed by atoms with Crippen molar-refractivity contribution in [3.05, 3.63) is 51.8 Å². The number of hydrogen-bond acceptors (Lipinski definition) is 4. The van der Waals surface area contributed by atoms with Crippen LogP contribution in [0, 0.1) is 0 Å². The molecule has 0 aliphatic rings. The van der Waals surface area contributed by atoms with Gasteiger partial charge < -0.3 is 14.5 Å². The average molecular weight is 395 g/mol. The number of nitrogens with zero attached hydrogens (tertiary/aromatic N) is 2. The molecule has 0 bridgehead atoms. The van der Waals surface area contributed by atoms with Crippen LogP contribution < -0.4 is 0 Å². The summed E-state index contributed by atoms with van der Waals surface area (Å²) in [5, 5.41) is 12.8. The number of carbonyl (C=O) groups is 2. The highest BCUT2D eigenvalue weighted by atomic mass is 79.9. The lowest BCUT2D eigenvalue weighted by atomic mass is 10.1. The topological polar surface area (TPSA) is 83.6 Å². The number of amides is 1. The molecule has 6 nitrogen and oxygen atoms in total. The highest BCUT2D eigenvalue weighted by Gasteiger charge is 2.22. The largest absolute Gasteiger partial charge is 0.481 e.